The number of hydrogen-bond donors (Lipinski definition) is 1. The lowest BCUT2D eigenvalue weighted by molar-refractivity contribution is 0.603. The van der Waals surface area contributed by atoms with Gasteiger partial charge in [0.1, 0.15) is 5.82 Å². The Kier molecular flexibility index (Phi) is 2.21. The summed E-state index contributed by atoms with van der Waals surface area (Å²) in [6, 6.07) is 1.60. The number of rotatable bonds is 2. The van der Waals surface area contributed by atoms with E-state index in [1.165, 1.54) is 0 Å². The Morgan fingerprint density at radius 2 is 2.13 bits per heavy atom. The number of aromatic amines is 1. The van der Waals surface area contributed by atoms with Gasteiger partial charge in [-0.1, -0.05) is 27.7 Å². The van der Waals surface area contributed by atoms with Crippen LogP contribution in [0.15, 0.2) is 10.9 Å². The molecule has 1 N–H and O–H groups in total. The van der Waals surface area contributed by atoms with Gasteiger partial charge in [0.25, 0.3) is 5.56 Å². The lowest BCUT2D eigenvalue weighted by Gasteiger charge is -2.07. The van der Waals surface area contributed by atoms with Crippen LogP contribution in [0.3, 0.4) is 0 Å². The van der Waals surface area contributed by atoms with Gasteiger partial charge in [0, 0.05) is 12.0 Å². The molecule has 1 unspecified atom stereocenters. The van der Waals surface area contributed by atoms with Gasteiger partial charge in [0.05, 0.1) is 5.69 Å². The Morgan fingerprint density at radius 3 is 2.60 bits per heavy atom. The number of hydrogen-bond acceptors (Lipinski definition) is 2. The summed E-state index contributed by atoms with van der Waals surface area (Å²) in [5, 5.41) is 0. The van der Waals surface area contributed by atoms with Crippen molar-refractivity contribution < 1.29 is 0 Å². The molecular formula is C12H18N2O. The maximum absolute atomic E-state index is 11.5. The van der Waals surface area contributed by atoms with E-state index in [1.54, 1.807) is 6.07 Å². The second-order valence-electron chi connectivity index (χ2n) is 5.46. The van der Waals surface area contributed by atoms with E-state index in [0.717, 1.165) is 17.9 Å². The highest BCUT2D eigenvalue weighted by molar-refractivity contribution is 5.18. The molecule has 1 atom stereocenters. The van der Waals surface area contributed by atoms with E-state index in [4.69, 9.17) is 0 Å². The fourth-order valence-corrected chi connectivity index (χ4v) is 1.89. The highest BCUT2D eigenvalue weighted by atomic mass is 16.1. The van der Waals surface area contributed by atoms with Gasteiger partial charge in [-0.05, 0) is 17.8 Å². The van der Waals surface area contributed by atoms with Gasteiger partial charge in [-0.3, -0.25) is 4.79 Å². The lowest BCUT2D eigenvalue weighted by Crippen LogP contribution is -2.13. The normalized spacial score (nSPS) is 23.1. The molecule has 1 aliphatic rings. The van der Waals surface area contributed by atoms with Crippen molar-refractivity contribution in [1.29, 1.82) is 0 Å². The molecule has 0 spiro atoms. The van der Waals surface area contributed by atoms with Crippen LogP contribution >= 0.6 is 0 Å². The van der Waals surface area contributed by atoms with E-state index in [-0.39, 0.29) is 5.56 Å². The van der Waals surface area contributed by atoms with E-state index >= 15 is 0 Å². The summed E-state index contributed by atoms with van der Waals surface area (Å²) in [6.45, 7) is 8.53. The molecule has 3 nitrogen and oxygen atoms in total. The van der Waals surface area contributed by atoms with Crippen LogP contribution in [-0.4, -0.2) is 9.97 Å². The van der Waals surface area contributed by atoms with Crippen LogP contribution in [0.25, 0.3) is 0 Å². The highest BCUT2D eigenvalue weighted by Crippen LogP contribution is 2.57. The average molecular weight is 206 g/mol. The van der Waals surface area contributed by atoms with Crippen LogP contribution < -0.4 is 5.56 Å². The van der Waals surface area contributed by atoms with E-state index < -0.39 is 0 Å². The molecule has 0 aliphatic heterocycles. The monoisotopic (exact) mass is 206 g/mol. The zero-order chi connectivity index (χ0) is 11.2. The van der Waals surface area contributed by atoms with Crippen molar-refractivity contribution in [2.75, 3.05) is 0 Å². The zero-order valence-electron chi connectivity index (χ0n) is 9.79. The Morgan fingerprint density at radius 1 is 1.53 bits per heavy atom. The quantitative estimate of drug-likeness (QED) is 0.807. The molecule has 3 heteroatoms. The average Bonchev–Trinajstić information content (AvgIpc) is 2.74. The van der Waals surface area contributed by atoms with Gasteiger partial charge in [0.2, 0.25) is 0 Å². The Balaban J connectivity index is 2.37. The Labute approximate surface area is 89.9 Å². The van der Waals surface area contributed by atoms with Crippen LogP contribution in [-0.2, 0) is 0 Å². The van der Waals surface area contributed by atoms with Crippen LogP contribution in [0.1, 0.15) is 57.5 Å². The van der Waals surface area contributed by atoms with Crippen molar-refractivity contribution in [2.24, 2.45) is 5.41 Å². The Hall–Kier alpha value is -1.12. The second-order valence-corrected chi connectivity index (χ2v) is 5.46. The lowest BCUT2D eigenvalue weighted by atomic mass is 10.1. The zero-order valence-corrected chi connectivity index (χ0v) is 9.79. The maximum atomic E-state index is 11.5. The molecule has 15 heavy (non-hydrogen) atoms. The third-order valence-electron chi connectivity index (χ3n) is 3.21. The van der Waals surface area contributed by atoms with Gasteiger partial charge in [-0.2, -0.15) is 0 Å². The summed E-state index contributed by atoms with van der Waals surface area (Å²) in [5.74, 6) is 1.62. The fourth-order valence-electron chi connectivity index (χ4n) is 1.89. The standard InChI is InChI=1S/C12H18N2O/c1-7(2)9-5-10(15)14-11(13-9)8-6-12(8,3)4/h5,7-8H,6H2,1-4H3,(H,13,14,15). The largest absolute Gasteiger partial charge is 0.310 e. The van der Waals surface area contributed by atoms with Crippen molar-refractivity contribution >= 4 is 0 Å². The van der Waals surface area contributed by atoms with Crippen LogP contribution in [0, 0.1) is 5.41 Å². The minimum Gasteiger partial charge on any atom is -0.310 e. The summed E-state index contributed by atoms with van der Waals surface area (Å²) in [6.07, 6.45) is 1.12. The van der Waals surface area contributed by atoms with Crippen LogP contribution in [0.2, 0.25) is 0 Å². The number of nitrogens with one attached hydrogen (secondary N) is 1. The Bertz CT molecular complexity index is 431. The highest BCUT2D eigenvalue weighted by Gasteiger charge is 2.48. The van der Waals surface area contributed by atoms with Gasteiger partial charge >= 0.3 is 0 Å². The third-order valence-corrected chi connectivity index (χ3v) is 3.21. The SMILES string of the molecule is CC(C)c1cc(=O)[nH]c(C2CC2(C)C)n1. The number of nitrogens with zero attached hydrogens (tertiary/aromatic N) is 1. The van der Waals surface area contributed by atoms with E-state index in [2.05, 4.69) is 37.7 Å². The molecule has 0 radical (unpaired) electrons. The molecule has 0 aromatic carbocycles. The van der Waals surface area contributed by atoms with Crippen molar-refractivity contribution in [2.45, 2.75) is 46.0 Å². The summed E-state index contributed by atoms with van der Waals surface area (Å²) in [4.78, 5) is 18.9. The molecular weight excluding hydrogens is 188 g/mol. The molecule has 0 saturated heterocycles. The van der Waals surface area contributed by atoms with E-state index in [0.29, 0.717) is 17.3 Å². The van der Waals surface area contributed by atoms with Gasteiger partial charge in [0.15, 0.2) is 0 Å². The first-order valence-electron chi connectivity index (χ1n) is 5.51. The molecule has 1 saturated carbocycles. The van der Waals surface area contributed by atoms with Gasteiger partial charge in [-0.15, -0.1) is 0 Å². The fraction of sp³-hybridized carbons (Fsp3) is 0.667. The molecule has 0 amide bonds. The smallest absolute Gasteiger partial charge is 0.251 e. The molecule has 82 valence electrons. The summed E-state index contributed by atoms with van der Waals surface area (Å²) in [7, 11) is 0. The molecule has 1 aromatic heterocycles. The van der Waals surface area contributed by atoms with Crippen LogP contribution in [0.5, 0.6) is 0 Å². The second kappa shape index (κ2) is 3.19. The predicted octanol–water partition coefficient (Wildman–Crippen LogP) is 2.41. The predicted molar refractivity (Wildman–Crippen MR) is 60.1 cm³/mol. The molecule has 1 aromatic rings. The molecule has 1 aliphatic carbocycles. The summed E-state index contributed by atoms with van der Waals surface area (Å²) >= 11 is 0. The van der Waals surface area contributed by atoms with E-state index in [1.807, 2.05) is 0 Å². The van der Waals surface area contributed by atoms with Crippen molar-refractivity contribution in [3.05, 3.63) is 27.9 Å². The topological polar surface area (TPSA) is 45.8 Å². The minimum atomic E-state index is -0.0219. The van der Waals surface area contributed by atoms with Gasteiger partial charge < -0.3 is 4.98 Å². The molecule has 0 bridgehead atoms. The molecule has 1 fully saturated rings. The minimum absolute atomic E-state index is 0.0219. The van der Waals surface area contributed by atoms with Crippen molar-refractivity contribution in [1.82, 2.24) is 9.97 Å². The van der Waals surface area contributed by atoms with Crippen molar-refractivity contribution in [3.8, 4) is 0 Å². The first kappa shape index (κ1) is 10.4. The number of H-pyrrole nitrogens is 1. The third kappa shape index (κ3) is 1.96. The van der Waals surface area contributed by atoms with Crippen molar-refractivity contribution in [3.63, 3.8) is 0 Å². The maximum Gasteiger partial charge on any atom is 0.251 e. The molecule has 2 rings (SSSR count). The summed E-state index contributed by atoms with van der Waals surface area (Å²) < 4.78 is 0. The summed E-state index contributed by atoms with van der Waals surface area (Å²) in [5.41, 5.74) is 1.19. The van der Waals surface area contributed by atoms with Crippen LogP contribution in [0.4, 0.5) is 0 Å². The number of aromatic nitrogens is 2. The molecule has 1 heterocycles. The van der Waals surface area contributed by atoms with Gasteiger partial charge in [-0.25, -0.2) is 4.98 Å². The first-order valence-corrected chi connectivity index (χ1v) is 5.51. The first-order chi connectivity index (χ1) is 6.90. The van der Waals surface area contributed by atoms with E-state index in [9.17, 15) is 4.79 Å².